The molecule has 1 heterocycles. The van der Waals surface area contributed by atoms with Gasteiger partial charge >= 0.3 is 0 Å². The third kappa shape index (κ3) is 3.09. The van der Waals surface area contributed by atoms with Crippen molar-refractivity contribution in [3.63, 3.8) is 0 Å². The van der Waals surface area contributed by atoms with Gasteiger partial charge < -0.3 is 5.73 Å². The van der Waals surface area contributed by atoms with Gasteiger partial charge in [-0.05, 0) is 37.5 Å². The fourth-order valence-corrected chi connectivity index (χ4v) is 3.76. The van der Waals surface area contributed by atoms with Crippen molar-refractivity contribution in [2.24, 2.45) is 5.73 Å². The van der Waals surface area contributed by atoms with Gasteiger partial charge in [-0.2, -0.15) is 0 Å². The van der Waals surface area contributed by atoms with Crippen LogP contribution in [0.3, 0.4) is 0 Å². The first-order valence-electron chi connectivity index (χ1n) is 6.34. The quantitative estimate of drug-likeness (QED) is 0.786. The number of aryl methyl sites for hydroxylation is 1. The minimum atomic E-state index is -3.17. The second-order valence-electron chi connectivity index (χ2n) is 4.60. The molecule has 0 unspecified atom stereocenters. The lowest BCUT2D eigenvalue weighted by Gasteiger charge is -2.28. The van der Waals surface area contributed by atoms with E-state index in [4.69, 9.17) is 5.73 Å². The molecule has 0 saturated carbocycles. The van der Waals surface area contributed by atoms with Crippen LogP contribution < -0.4 is 10.0 Å². The van der Waals surface area contributed by atoms with E-state index in [1.54, 1.807) is 0 Å². The number of hydrogen-bond acceptors (Lipinski definition) is 3. The molecule has 0 aliphatic carbocycles. The zero-order valence-electron chi connectivity index (χ0n) is 11.0. The maximum absolute atomic E-state index is 12.1. The van der Waals surface area contributed by atoms with Crippen molar-refractivity contribution in [1.29, 1.82) is 0 Å². The Morgan fingerprint density at radius 3 is 2.84 bits per heavy atom. The molecule has 2 rings (SSSR count). The van der Waals surface area contributed by atoms with E-state index in [-0.39, 0.29) is 5.75 Å². The topological polar surface area (TPSA) is 63.4 Å². The Balaban J connectivity index is 2.40. The molecule has 0 spiro atoms. The summed E-state index contributed by atoms with van der Waals surface area (Å²) in [5.74, 6) is 6.02. The van der Waals surface area contributed by atoms with E-state index in [9.17, 15) is 8.42 Å². The predicted octanol–water partition coefficient (Wildman–Crippen LogP) is 1.24. The molecule has 1 aliphatic heterocycles. The van der Waals surface area contributed by atoms with E-state index < -0.39 is 10.0 Å². The first-order chi connectivity index (χ1) is 9.04. The summed E-state index contributed by atoms with van der Waals surface area (Å²) >= 11 is 0. The molecule has 19 heavy (non-hydrogen) atoms. The standard InChI is InChI=1S/C14H18N2O2S/c1-12-6-7-14(11-13(12)5-4-8-15)16-9-2-3-10-19(16,17)18/h6-7,11H,2-3,8-10,15H2,1H3. The van der Waals surface area contributed by atoms with Crippen LogP contribution in [0.4, 0.5) is 5.69 Å². The van der Waals surface area contributed by atoms with Crippen LogP contribution in [0.5, 0.6) is 0 Å². The smallest absolute Gasteiger partial charge is 0.235 e. The molecule has 1 aromatic carbocycles. The average Bonchev–Trinajstić information content (AvgIpc) is 2.38. The zero-order chi connectivity index (χ0) is 13.9. The Labute approximate surface area is 114 Å². The summed E-state index contributed by atoms with van der Waals surface area (Å²) in [7, 11) is -3.17. The molecule has 0 aromatic heterocycles. The summed E-state index contributed by atoms with van der Waals surface area (Å²) in [5.41, 5.74) is 7.93. The summed E-state index contributed by atoms with van der Waals surface area (Å²) in [4.78, 5) is 0. The predicted molar refractivity (Wildman–Crippen MR) is 77.5 cm³/mol. The number of nitrogens with two attached hydrogens (primary N) is 1. The molecule has 4 nitrogen and oxygen atoms in total. The fraction of sp³-hybridized carbons (Fsp3) is 0.429. The highest BCUT2D eigenvalue weighted by molar-refractivity contribution is 7.92. The van der Waals surface area contributed by atoms with Gasteiger partial charge in [0.2, 0.25) is 10.0 Å². The molecule has 0 radical (unpaired) electrons. The van der Waals surface area contributed by atoms with Gasteiger partial charge in [0, 0.05) is 12.1 Å². The van der Waals surface area contributed by atoms with Crippen molar-refractivity contribution in [2.75, 3.05) is 23.1 Å². The first-order valence-corrected chi connectivity index (χ1v) is 7.95. The second kappa shape index (κ2) is 5.64. The Hall–Kier alpha value is -1.51. The Kier molecular flexibility index (Phi) is 4.13. The van der Waals surface area contributed by atoms with Crippen molar-refractivity contribution in [3.8, 4) is 11.8 Å². The number of rotatable bonds is 1. The van der Waals surface area contributed by atoms with E-state index in [0.29, 0.717) is 18.8 Å². The SMILES string of the molecule is Cc1ccc(N2CCCCS2(=O)=O)cc1C#CCN. The van der Waals surface area contributed by atoms with E-state index >= 15 is 0 Å². The normalized spacial score (nSPS) is 17.7. The van der Waals surface area contributed by atoms with Gasteiger partial charge in [-0.3, -0.25) is 4.31 Å². The fourth-order valence-electron chi connectivity index (χ4n) is 2.12. The van der Waals surface area contributed by atoms with Crippen LogP contribution in [-0.4, -0.2) is 27.3 Å². The van der Waals surface area contributed by atoms with Crippen molar-refractivity contribution in [2.45, 2.75) is 19.8 Å². The van der Waals surface area contributed by atoms with Crippen LogP contribution in [-0.2, 0) is 10.0 Å². The number of sulfonamides is 1. The third-order valence-corrected chi connectivity index (χ3v) is 5.05. The van der Waals surface area contributed by atoms with Crippen LogP contribution >= 0.6 is 0 Å². The molecule has 2 N–H and O–H groups in total. The van der Waals surface area contributed by atoms with Crippen LogP contribution in [0, 0.1) is 18.8 Å². The molecule has 0 amide bonds. The number of hydrogen-bond donors (Lipinski definition) is 1. The van der Waals surface area contributed by atoms with Crippen LogP contribution in [0.25, 0.3) is 0 Å². The van der Waals surface area contributed by atoms with E-state index in [1.807, 2.05) is 25.1 Å². The van der Waals surface area contributed by atoms with Crippen molar-refractivity contribution < 1.29 is 8.42 Å². The molecule has 1 fully saturated rings. The molecule has 0 bridgehead atoms. The van der Waals surface area contributed by atoms with Gasteiger partial charge in [0.05, 0.1) is 18.0 Å². The highest BCUT2D eigenvalue weighted by atomic mass is 32.2. The van der Waals surface area contributed by atoms with Gasteiger partial charge in [0.1, 0.15) is 0 Å². The largest absolute Gasteiger partial charge is 0.320 e. The summed E-state index contributed by atoms with van der Waals surface area (Å²) < 4.78 is 25.6. The minimum Gasteiger partial charge on any atom is -0.320 e. The first kappa shape index (κ1) is 13.9. The molecular weight excluding hydrogens is 260 g/mol. The Morgan fingerprint density at radius 1 is 1.37 bits per heavy atom. The van der Waals surface area contributed by atoms with Crippen LogP contribution in [0.2, 0.25) is 0 Å². The lowest BCUT2D eigenvalue weighted by Crippen LogP contribution is -2.37. The highest BCUT2D eigenvalue weighted by Gasteiger charge is 2.26. The summed E-state index contributed by atoms with van der Waals surface area (Å²) in [6, 6.07) is 5.58. The zero-order valence-corrected chi connectivity index (χ0v) is 11.8. The highest BCUT2D eigenvalue weighted by Crippen LogP contribution is 2.25. The van der Waals surface area contributed by atoms with Crippen LogP contribution in [0.15, 0.2) is 18.2 Å². The monoisotopic (exact) mass is 278 g/mol. The van der Waals surface area contributed by atoms with Gasteiger partial charge in [-0.1, -0.05) is 17.9 Å². The Bertz CT molecular complexity index is 627. The van der Waals surface area contributed by atoms with Crippen molar-refractivity contribution in [3.05, 3.63) is 29.3 Å². The molecule has 1 saturated heterocycles. The van der Waals surface area contributed by atoms with Gasteiger partial charge in [0.25, 0.3) is 0 Å². The molecule has 1 aromatic rings. The summed E-state index contributed by atoms with van der Waals surface area (Å²) in [6.07, 6.45) is 1.64. The average molecular weight is 278 g/mol. The van der Waals surface area contributed by atoms with Gasteiger partial charge in [-0.25, -0.2) is 8.42 Å². The third-order valence-electron chi connectivity index (χ3n) is 3.18. The molecule has 1 aliphatic rings. The van der Waals surface area contributed by atoms with Gasteiger partial charge in [-0.15, -0.1) is 0 Å². The summed E-state index contributed by atoms with van der Waals surface area (Å²) in [6.45, 7) is 2.80. The minimum absolute atomic E-state index is 0.227. The number of anilines is 1. The maximum atomic E-state index is 12.1. The second-order valence-corrected chi connectivity index (χ2v) is 6.61. The lowest BCUT2D eigenvalue weighted by molar-refractivity contribution is 0.574. The molecular formula is C14H18N2O2S. The lowest BCUT2D eigenvalue weighted by atomic mass is 10.1. The summed E-state index contributed by atoms with van der Waals surface area (Å²) in [5, 5.41) is 0. The Morgan fingerprint density at radius 2 is 2.16 bits per heavy atom. The van der Waals surface area contributed by atoms with Crippen molar-refractivity contribution in [1.82, 2.24) is 0 Å². The van der Waals surface area contributed by atoms with E-state index in [0.717, 1.165) is 24.0 Å². The van der Waals surface area contributed by atoms with Crippen LogP contribution in [0.1, 0.15) is 24.0 Å². The maximum Gasteiger partial charge on any atom is 0.235 e. The van der Waals surface area contributed by atoms with Gasteiger partial charge in [0.15, 0.2) is 0 Å². The van der Waals surface area contributed by atoms with E-state index in [2.05, 4.69) is 11.8 Å². The van der Waals surface area contributed by atoms with Crippen molar-refractivity contribution >= 4 is 15.7 Å². The van der Waals surface area contributed by atoms with E-state index in [1.165, 1.54) is 4.31 Å². The molecule has 0 atom stereocenters. The molecule has 102 valence electrons. The number of nitrogens with zero attached hydrogens (tertiary/aromatic N) is 1. The molecule has 5 heteroatoms. The number of benzene rings is 1.